The largest absolute Gasteiger partial charge is 0.379 e. The third-order valence-corrected chi connectivity index (χ3v) is 4.57. The highest BCUT2D eigenvalue weighted by atomic mass is 127. The van der Waals surface area contributed by atoms with Crippen LogP contribution in [0.5, 0.6) is 0 Å². The third kappa shape index (κ3) is 9.79. The van der Waals surface area contributed by atoms with Crippen LogP contribution in [0.15, 0.2) is 17.6 Å². The van der Waals surface area contributed by atoms with Crippen molar-refractivity contribution in [1.82, 2.24) is 15.5 Å². The molecule has 7 heteroatoms. The number of nitrogens with zero attached hydrogens (tertiary/aromatic N) is 2. The maximum absolute atomic E-state index is 5.43. The van der Waals surface area contributed by atoms with Crippen molar-refractivity contribution >= 4 is 41.7 Å². The Kier molecular flexibility index (Phi) is 13.3. The van der Waals surface area contributed by atoms with E-state index in [-0.39, 0.29) is 29.5 Å². The number of guanidine groups is 1. The Balaban J connectivity index is 0.00000484. The predicted octanol–water partition coefficient (Wildman–Crippen LogP) is 2.19. The molecule has 0 aromatic heterocycles. The van der Waals surface area contributed by atoms with Gasteiger partial charge in [-0.2, -0.15) is 11.8 Å². The fourth-order valence-corrected chi connectivity index (χ4v) is 2.87. The molecule has 0 aliphatic carbocycles. The average molecular weight is 456 g/mol. The molecule has 5 nitrogen and oxygen atoms in total. The van der Waals surface area contributed by atoms with E-state index in [1.165, 1.54) is 0 Å². The summed E-state index contributed by atoms with van der Waals surface area (Å²) in [6.07, 6.45) is 1.94. The van der Waals surface area contributed by atoms with Crippen LogP contribution < -0.4 is 10.6 Å². The van der Waals surface area contributed by atoms with E-state index >= 15 is 0 Å². The molecule has 0 unspecified atom stereocenters. The Morgan fingerprint density at radius 2 is 2.04 bits per heavy atom. The number of morpholine rings is 1. The molecule has 1 heterocycles. The van der Waals surface area contributed by atoms with Gasteiger partial charge in [0, 0.05) is 43.2 Å². The molecular formula is C16H33IN4OS. The second-order valence-electron chi connectivity index (χ2n) is 5.90. The number of hydrogen-bond acceptors (Lipinski definition) is 4. The first-order valence-corrected chi connectivity index (χ1v) is 9.29. The first kappa shape index (κ1) is 23.0. The van der Waals surface area contributed by atoms with Gasteiger partial charge in [0.25, 0.3) is 0 Å². The number of aliphatic imine (C=N–C) groups is 1. The van der Waals surface area contributed by atoms with Gasteiger partial charge < -0.3 is 15.4 Å². The van der Waals surface area contributed by atoms with Crippen LogP contribution in [-0.2, 0) is 4.74 Å². The van der Waals surface area contributed by atoms with Crippen LogP contribution in [0.3, 0.4) is 0 Å². The Morgan fingerprint density at radius 1 is 1.35 bits per heavy atom. The highest BCUT2D eigenvalue weighted by Gasteiger charge is 2.27. The highest BCUT2D eigenvalue weighted by Crippen LogP contribution is 2.16. The smallest absolute Gasteiger partial charge is 0.191 e. The van der Waals surface area contributed by atoms with E-state index in [1.807, 2.05) is 17.8 Å². The molecule has 0 aromatic rings. The van der Waals surface area contributed by atoms with Gasteiger partial charge in [-0.3, -0.25) is 9.89 Å². The summed E-state index contributed by atoms with van der Waals surface area (Å²) in [6.45, 7) is 16.5. The van der Waals surface area contributed by atoms with Gasteiger partial charge in [-0.05, 0) is 20.8 Å². The molecular weight excluding hydrogens is 423 g/mol. The lowest BCUT2D eigenvalue weighted by Crippen LogP contribution is -2.52. The Bertz CT molecular complexity index is 347. The summed E-state index contributed by atoms with van der Waals surface area (Å²) in [4.78, 5) is 7.22. The number of thioether (sulfide) groups is 1. The van der Waals surface area contributed by atoms with Crippen LogP contribution >= 0.6 is 35.7 Å². The zero-order chi connectivity index (χ0) is 16.3. The lowest BCUT2D eigenvalue weighted by atomic mass is 10.0. The summed E-state index contributed by atoms with van der Waals surface area (Å²) in [5.41, 5.74) is 0.0592. The molecule has 1 aliphatic rings. The Labute approximate surface area is 163 Å². The van der Waals surface area contributed by atoms with Gasteiger partial charge in [-0.15, -0.1) is 30.6 Å². The van der Waals surface area contributed by atoms with E-state index in [4.69, 9.17) is 9.73 Å². The fraction of sp³-hybridized carbons (Fsp3) is 0.812. The van der Waals surface area contributed by atoms with Gasteiger partial charge in [0.15, 0.2) is 5.96 Å². The molecule has 0 saturated carbocycles. The Morgan fingerprint density at radius 3 is 2.65 bits per heavy atom. The van der Waals surface area contributed by atoms with Crippen LogP contribution in [0.25, 0.3) is 0 Å². The molecule has 136 valence electrons. The first-order valence-electron chi connectivity index (χ1n) is 8.13. The van der Waals surface area contributed by atoms with E-state index in [1.54, 1.807) is 0 Å². The summed E-state index contributed by atoms with van der Waals surface area (Å²) in [5.74, 6) is 2.96. The van der Waals surface area contributed by atoms with E-state index in [0.29, 0.717) is 0 Å². The minimum Gasteiger partial charge on any atom is -0.379 e. The zero-order valence-electron chi connectivity index (χ0n) is 14.8. The second kappa shape index (κ2) is 13.3. The van der Waals surface area contributed by atoms with Gasteiger partial charge in [0.2, 0.25) is 0 Å². The first-order chi connectivity index (χ1) is 10.6. The molecule has 1 saturated heterocycles. The Hall–Kier alpha value is 0.0100. The van der Waals surface area contributed by atoms with E-state index in [2.05, 4.69) is 42.9 Å². The van der Waals surface area contributed by atoms with Crippen molar-refractivity contribution < 1.29 is 4.74 Å². The van der Waals surface area contributed by atoms with Crippen molar-refractivity contribution in [3.63, 3.8) is 0 Å². The van der Waals surface area contributed by atoms with Gasteiger partial charge in [0.05, 0.1) is 19.8 Å². The number of hydrogen-bond donors (Lipinski definition) is 2. The molecule has 1 aliphatic heterocycles. The lowest BCUT2D eigenvalue weighted by molar-refractivity contribution is -0.00683. The SMILES string of the molecule is C=CCSCCNC(=NCC(C)(C)N1CCOCC1)NCC.I. The van der Waals surface area contributed by atoms with Crippen LogP contribution in [0.4, 0.5) is 0 Å². The fourth-order valence-electron chi connectivity index (χ4n) is 2.29. The van der Waals surface area contributed by atoms with Crippen LogP contribution in [0, 0.1) is 0 Å². The van der Waals surface area contributed by atoms with Crippen molar-refractivity contribution in [2.75, 3.05) is 57.4 Å². The maximum atomic E-state index is 5.43. The van der Waals surface area contributed by atoms with E-state index in [9.17, 15) is 0 Å². The molecule has 0 bridgehead atoms. The third-order valence-electron chi connectivity index (χ3n) is 3.61. The van der Waals surface area contributed by atoms with E-state index in [0.717, 1.165) is 63.4 Å². The molecule has 0 spiro atoms. The minimum atomic E-state index is 0. The summed E-state index contributed by atoms with van der Waals surface area (Å²) in [7, 11) is 0. The summed E-state index contributed by atoms with van der Waals surface area (Å²) in [6, 6.07) is 0. The molecule has 0 aromatic carbocycles. The number of ether oxygens (including phenoxy) is 1. The van der Waals surface area contributed by atoms with Crippen molar-refractivity contribution in [2.45, 2.75) is 26.3 Å². The predicted molar refractivity (Wildman–Crippen MR) is 113 cm³/mol. The lowest BCUT2D eigenvalue weighted by Gasteiger charge is -2.39. The normalized spacial score (nSPS) is 16.6. The van der Waals surface area contributed by atoms with Gasteiger partial charge in [-0.25, -0.2) is 0 Å². The molecule has 1 fully saturated rings. The van der Waals surface area contributed by atoms with Crippen molar-refractivity contribution in [3.05, 3.63) is 12.7 Å². The quantitative estimate of drug-likeness (QED) is 0.183. The van der Waals surface area contributed by atoms with Gasteiger partial charge in [0.1, 0.15) is 0 Å². The second-order valence-corrected chi connectivity index (χ2v) is 7.05. The van der Waals surface area contributed by atoms with Gasteiger partial charge >= 0.3 is 0 Å². The molecule has 0 amide bonds. The standard InChI is InChI=1S/C16H32N4OS.HI/c1-5-12-22-13-7-18-15(17-6-2)19-14-16(3,4)20-8-10-21-11-9-20;/h5H,1,6-14H2,2-4H3,(H2,17,18,19);1H. The average Bonchev–Trinajstić information content (AvgIpc) is 2.53. The topological polar surface area (TPSA) is 48.9 Å². The number of rotatable bonds is 9. The molecule has 23 heavy (non-hydrogen) atoms. The van der Waals surface area contributed by atoms with E-state index < -0.39 is 0 Å². The molecule has 0 atom stereocenters. The maximum Gasteiger partial charge on any atom is 0.191 e. The number of halogens is 1. The van der Waals surface area contributed by atoms with Crippen molar-refractivity contribution in [3.8, 4) is 0 Å². The summed E-state index contributed by atoms with van der Waals surface area (Å²) >= 11 is 1.87. The molecule has 2 N–H and O–H groups in total. The van der Waals surface area contributed by atoms with Crippen LogP contribution in [-0.4, -0.2) is 73.8 Å². The summed E-state index contributed by atoms with van der Waals surface area (Å²) < 4.78 is 5.43. The van der Waals surface area contributed by atoms with Crippen molar-refractivity contribution in [2.24, 2.45) is 4.99 Å². The van der Waals surface area contributed by atoms with Crippen LogP contribution in [0.2, 0.25) is 0 Å². The molecule has 1 rings (SSSR count). The van der Waals surface area contributed by atoms with Crippen molar-refractivity contribution in [1.29, 1.82) is 0 Å². The highest BCUT2D eigenvalue weighted by molar-refractivity contribution is 14.0. The minimum absolute atomic E-state index is 0. The van der Waals surface area contributed by atoms with Crippen LogP contribution in [0.1, 0.15) is 20.8 Å². The van der Waals surface area contributed by atoms with Gasteiger partial charge in [-0.1, -0.05) is 6.08 Å². The monoisotopic (exact) mass is 456 g/mol. The molecule has 0 radical (unpaired) electrons. The summed E-state index contributed by atoms with van der Waals surface area (Å²) in [5, 5.41) is 6.71. The zero-order valence-corrected chi connectivity index (χ0v) is 17.9. The number of nitrogens with one attached hydrogen (secondary N) is 2.